The van der Waals surface area contributed by atoms with Crippen LogP contribution in [0, 0.1) is 5.82 Å². The van der Waals surface area contributed by atoms with Gasteiger partial charge in [0, 0.05) is 6.42 Å². The largest absolute Gasteiger partial charge is 0.298 e. The number of Topliss-reactive ketones (excluding diaryl/α,β-unsaturated/α-hetero) is 1. The third-order valence-corrected chi connectivity index (χ3v) is 6.21. The van der Waals surface area contributed by atoms with Gasteiger partial charge in [0.25, 0.3) is 5.56 Å². The van der Waals surface area contributed by atoms with E-state index in [0.29, 0.717) is 28.2 Å². The molecule has 0 unspecified atom stereocenters. The molecule has 4 rings (SSSR count). The van der Waals surface area contributed by atoms with E-state index >= 15 is 0 Å². The molecule has 1 aliphatic carbocycles. The number of fused-ring (bicyclic) bond motifs is 1. The van der Waals surface area contributed by atoms with E-state index in [1.807, 2.05) is 6.07 Å². The Kier molecular flexibility index (Phi) is 5.02. The molecule has 7 heteroatoms. The van der Waals surface area contributed by atoms with Gasteiger partial charge in [-0.1, -0.05) is 41.9 Å². The number of hydrogen-bond donors (Lipinski definition) is 0. The van der Waals surface area contributed by atoms with E-state index in [1.54, 1.807) is 18.2 Å². The van der Waals surface area contributed by atoms with Gasteiger partial charge in [0.15, 0.2) is 5.16 Å². The number of nitrogens with zero attached hydrogens (tertiary/aromatic N) is 2. The molecule has 0 radical (unpaired) electrons. The van der Waals surface area contributed by atoms with Gasteiger partial charge in [-0.15, -0.1) is 0 Å². The van der Waals surface area contributed by atoms with Gasteiger partial charge >= 0.3 is 0 Å². The Morgan fingerprint density at radius 2 is 1.96 bits per heavy atom. The molecule has 1 heterocycles. The number of ketones is 1. The molecular formula is C20H16ClFN2O2S. The average Bonchev–Trinajstić information content (AvgIpc) is 2.66. The molecule has 2 aromatic carbocycles. The van der Waals surface area contributed by atoms with Crippen molar-refractivity contribution in [2.75, 3.05) is 0 Å². The highest BCUT2D eigenvalue weighted by Crippen LogP contribution is 2.32. The minimum atomic E-state index is -0.557. The maximum Gasteiger partial charge on any atom is 0.266 e. The highest BCUT2D eigenvalue weighted by Gasteiger charge is 2.26. The molecule has 0 amide bonds. The molecule has 0 bridgehead atoms. The Balaban J connectivity index is 1.91. The third-order valence-electron chi connectivity index (χ3n) is 4.65. The number of benzene rings is 2. The SMILES string of the molecule is O=C1CCCC[C@@H]1Sc1nc2ccccc2c(=O)n1-c1ccc(F)c(Cl)c1. The number of hydrogen-bond acceptors (Lipinski definition) is 4. The number of thioether (sulfide) groups is 1. The van der Waals surface area contributed by atoms with Gasteiger partial charge < -0.3 is 0 Å². The number of para-hydroxylation sites is 1. The highest BCUT2D eigenvalue weighted by molar-refractivity contribution is 8.00. The molecule has 0 saturated heterocycles. The normalized spacial score (nSPS) is 17.4. The van der Waals surface area contributed by atoms with Crippen LogP contribution in [0.15, 0.2) is 52.4 Å². The fraction of sp³-hybridized carbons (Fsp3) is 0.250. The molecular weight excluding hydrogens is 387 g/mol. The van der Waals surface area contributed by atoms with Crippen LogP contribution >= 0.6 is 23.4 Å². The van der Waals surface area contributed by atoms with Gasteiger partial charge in [0.05, 0.1) is 26.9 Å². The topological polar surface area (TPSA) is 52.0 Å². The molecule has 0 N–H and O–H groups in total. The average molecular weight is 403 g/mol. The van der Waals surface area contributed by atoms with Crippen molar-refractivity contribution in [3.8, 4) is 5.69 Å². The molecule has 1 saturated carbocycles. The molecule has 1 aromatic heterocycles. The predicted molar refractivity (Wildman–Crippen MR) is 105 cm³/mol. The summed E-state index contributed by atoms with van der Waals surface area (Å²) in [5.41, 5.74) is 0.724. The Labute approximate surface area is 164 Å². The second-order valence-electron chi connectivity index (χ2n) is 6.47. The molecule has 1 fully saturated rings. The standard InChI is InChI=1S/C20H16ClFN2O2S/c21-14-11-12(9-10-15(14)22)24-19(26)13-5-1-2-6-16(13)23-20(24)27-18-8-4-3-7-17(18)25/h1-2,5-6,9-11,18H,3-4,7-8H2/t18-/m0/s1. The van der Waals surface area contributed by atoms with Crippen LogP contribution in [-0.2, 0) is 4.79 Å². The van der Waals surface area contributed by atoms with Crippen molar-refractivity contribution in [2.45, 2.75) is 36.1 Å². The monoisotopic (exact) mass is 402 g/mol. The molecule has 1 atom stereocenters. The van der Waals surface area contributed by atoms with Gasteiger partial charge in [-0.05, 0) is 43.2 Å². The maximum absolute atomic E-state index is 13.6. The zero-order valence-electron chi connectivity index (χ0n) is 14.3. The van der Waals surface area contributed by atoms with Crippen molar-refractivity contribution >= 4 is 40.0 Å². The lowest BCUT2D eigenvalue weighted by atomic mass is 9.99. The Bertz CT molecular complexity index is 1100. The summed E-state index contributed by atoms with van der Waals surface area (Å²) >= 11 is 7.23. The second-order valence-corrected chi connectivity index (χ2v) is 8.05. The van der Waals surface area contributed by atoms with Crippen LogP contribution in [0.4, 0.5) is 4.39 Å². The maximum atomic E-state index is 13.6. The summed E-state index contributed by atoms with van der Waals surface area (Å²) in [4.78, 5) is 30.1. The number of halogens is 2. The lowest BCUT2D eigenvalue weighted by Crippen LogP contribution is -2.26. The first-order valence-corrected chi connectivity index (χ1v) is 9.97. The van der Waals surface area contributed by atoms with E-state index in [2.05, 4.69) is 4.98 Å². The van der Waals surface area contributed by atoms with E-state index in [-0.39, 0.29) is 21.6 Å². The van der Waals surface area contributed by atoms with Crippen molar-refractivity contribution in [3.63, 3.8) is 0 Å². The summed E-state index contributed by atoms with van der Waals surface area (Å²) in [6, 6.07) is 11.2. The summed E-state index contributed by atoms with van der Waals surface area (Å²) in [5.74, 6) is -0.378. The van der Waals surface area contributed by atoms with Crippen LogP contribution in [0.3, 0.4) is 0 Å². The second kappa shape index (κ2) is 7.44. The molecule has 3 aromatic rings. The Morgan fingerprint density at radius 1 is 1.15 bits per heavy atom. The van der Waals surface area contributed by atoms with Gasteiger partial charge in [-0.3, -0.25) is 14.2 Å². The van der Waals surface area contributed by atoms with Gasteiger partial charge in [-0.2, -0.15) is 0 Å². The number of carbonyl (C=O) groups is 1. The minimum Gasteiger partial charge on any atom is -0.298 e. The van der Waals surface area contributed by atoms with Gasteiger partial charge in [-0.25, -0.2) is 9.37 Å². The Hall–Kier alpha value is -2.18. The smallest absolute Gasteiger partial charge is 0.266 e. The van der Waals surface area contributed by atoms with Crippen molar-refractivity contribution in [1.29, 1.82) is 0 Å². The molecule has 0 aliphatic heterocycles. The zero-order valence-corrected chi connectivity index (χ0v) is 15.9. The summed E-state index contributed by atoms with van der Waals surface area (Å²) in [6.45, 7) is 0. The van der Waals surface area contributed by atoms with E-state index in [9.17, 15) is 14.0 Å². The van der Waals surface area contributed by atoms with Crippen molar-refractivity contribution in [3.05, 3.63) is 63.7 Å². The fourth-order valence-electron chi connectivity index (χ4n) is 3.25. The molecule has 0 spiro atoms. The van der Waals surface area contributed by atoms with Gasteiger partial charge in [0.2, 0.25) is 0 Å². The first-order valence-electron chi connectivity index (χ1n) is 8.71. The first-order chi connectivity index (χ1) is 13.0. The zero-order chi connectivity index (χ0) is 19.0. The summed E-state index contributed by atoms with van der Waals surface area (Å²) in [5, 5.41) is 0.574. The number of aromatic nitrogens is 2. The van der Waals surface area contributed by atoms with E-state index in [1.165, 1.54) is 34.5 Å². The van der Waals surface area contributed by atoms with Crippen molar-refractivity contribution < 1.29 is 9.18 Å². The van der Waals surface area contributed by atoms with Crippen LogP contribution in [-0.4, -0.2) is 20.6 Å². The number of carbonyl (C=O) groups excluding carboxylic acids is 1. The summed E-state index contributed by atoms with van der Waals surface area (Å²) in [7, 11) is 0. The van der Waals surface area contributed by atoms with Crippen molar-refractivity contribution in [2.24, 2.45) is 0 Å². The van der Waals surface area contributed by atoms with Crippen molar-refractivity contribution in [1.82, 2.24) is 9.55 Å². The van der Waals surface area contributed by atoms with Crippen LogP contribution in [0.5, 0.6) is 0 Å². The lowest BCUT2D eigenvalue weighted by Gasteiger charge is -2.21. The highest BCUT2D eigenvalue weighted by atomic mass is 35.5. The van der Waals surface area contributed by atoms with Crippen LogP contribution in [0.1, 0.15) is 25.7 Å². The predicted octanol–water partition coefficient (Wildman–Crippen LogP) is 4.78. The number of rotatable bonds is 3. The quantitative estimate of drug-likeness (QED) is 0.591. The minimum absolute atomic E-state index is 0.0720. The lowest BCUT2D eigenvalue weighted by molar-refractivity contribution is -0.119. The summed E-state index contributed by atoms with van der Waals surface area (Å²) in [6.07, 6.45) is 3.19. The van der Waals surface area contributed by atoms with E-state index in [0.717, 1.165) is 19.3 Å². The fourth-order valence-corrected chi connectivity index (χ4v) is 4.65. The summed E-state index contributed by atoms with van der Waals surface area (Å²) < 4.78 is 15.0. The van der Waals surface area contributed by atoms with Crippen LogP contribution in [0.2, 0.25) is 5.02 Å². The molecule has 138 valence electrons. The van der Waals surface area contributed by atoms with E-state index in [4.69, 9.17) is 11.6 Å². The third kappa shape index (κ3) is 3.51. The molecule has 4 nitrogen and oxygen atoms in total. The van der Waals surface area contributed by atoms with Crippen LogP contribution < -0.4 is 5.56 Å². The Morgan fingerprint density at radius 3 is 2.74 bits per heavy atom. The van der Waals surface area contributed by atoms with Gasteiger partial charge in [0.1, 0.15) is 11.6 Å². The van der Waals surface area contributed by atoms with E-state index < -0.39 is 5.82 Å². The first kappa shape index (κ1) is 18.2. The molecule has 1 aliphatic rings. The van der Waals surface area contributed by atoms with Crippen LogP contribution in [0.25, 0.3) is 16.6 Å². The molecule has 27 heavy (non-hydrogen) atoms.